The van der Waals surface area contributed by atoms with Gasteiger partial charge in [-0.1, -0.05) is 19.9 Å². The van der Waals surface area contributed by atoms with E-state index in [1.165, 1.54) is 11.5 Å². The van der Waals surface area contributed by atoms with Gasteiger partial charge in [0.15, 0.2) is 0 Å². The maximum Gasteiger partial charge on any atom is 0.129 e. The molecule has 1 unspecified atom stereocenters. The second-order valence-electron chi connectivity index (χ2n) is 5.14. The molecule has 3 nitrogen and oxygen atoms in total. The summed E-state index contributed by atoms with van der Waals surface area (Å²) in [5.41, 5.74) is 1.13. The molecule has 0 bridgehead atoms. The number of hydrogen-bond donors (Lipinski definition) is 1. The van der Waals surface area contributed by atoms with E-state index in [4.69, 9.17) is 4.98 Å². The van der Waals surface area contributed by atoms with E-state index in [9.17, 15) is 0 Å². The lowest BCUT2D eigenvalue weighted by Crippen LogP contribution is -2.41. The molecular weight excluding hydrogens is 242 g/mol. The van der Waals surface area contributed by atoms with Gasteiger partial charge in [-0.15, -0.1) is 0 Å². The number of aromatic nitrogens is 1. The van der Waals surface area contributed by atoms with Crippen LogP contribution in [0.5, 0.6) is 0 Å². The van der Waals surface area contributed by atoms with Gasteiger partial charge < -0.3 is 10.2 Å². The predicted molar refractivity (Wildman–Crippen MR) is 80.3 cm³/mol. The molecule has 1 fully saturated rings. The molecule has 4 heteroatoms. The highest BCUT2D eigenvalue weighted by Gasteiger charge is 2.19. The first-order valence-corrected chi connectivity index (χ1v) is 7.86. The van der Waals surface area contributed by atoms with Gasteiger partial charge in [-0.05, 0) is 19.1 Å². The minimum absolute atomic E-state index is 0.501. The van der Waals surface area contributed by atoms with Crippen molar-refractivity contribution in [3.05, 3.63) is 23.9 Å². The lowest BCUT2D eigenvalue weighted by atomic mass is 10.2. The summed E-state index contributed by atoms with van der Waals surface area (Å²) in [7, 11) is 0. The van der Waals surface area contributed by atoms with Gasteiger partial charge in [0, 0.05) is 36.7 Å². The standard InChI is InChI=1S/C14H23N3S/c1-11(2)15-9-13-5-4-6-14(16-13)17-7-8-18-10-12(17)3/h4-6,11-12,15H,7-10H2,1-3H3. The van der Waals surface area contributed by atoms with Crippen LogP contribution in [0.3, 0.4) is 0 Å². The molecular formula is C14H23N3S. The summed E-state index contributed by atoms with van der Waals surface area (Å²) in [6.07, 6.45) is 0. The molecule has 0 spiro atoms. The molecule has 0 amide bonds. The molecule has 0 aliphatic carbocycles. The Hall–Kier alpha value is -0.740. The van der Waals surface area contributed by atoms with Crippen LogP contribution in [0.1, 0.15) is 26.5 Å². The van der Waals surface area contributed by atoms with Crippen LogP contribution in [0, 0.1) is 0 Å². The Morgan fingerprint density at radius 3 is 3.06 bits per heavy atom. The van der Waals surface area contributed by atoms with Crippen LogP contribution in [-0.4, -0.2) is 35.1 Å². The molecule has 1 aromatic heterocycles. The minimum atomic E-state index is 0.501. The van der Waals surface area contributed by atoms with Crippen molar-refractivity contribution in [2.24, 2.45) is 0 Å². The highest BCUT2D eigenvalue weighted by Crippen LogP contribution is 2.22. The van der Waals surface area contributed by atoms with Crippen LogP contribution >= 0.6 is 11.8 Å². The number of thioether (sulfide) groups is 1. The molecule has 1 aliphatic rings. The second-order valence-corrected chi connectivity index (χ2v) is 6.29. The van der Waals surface area contributed by atoms with Crippen molar-refractivity contribution >= 4 is 17.6 Å². The average Bonchev–Trinajstić information content (AvgIpc) is 2.37. The summed E-state index contributed by atoms with van der Waals surface area (Å²) < 4.78 is 0. The third-order valence-electron chi connectivity index (χ3n) is 3.15. The Morgan fingerprint density at radius 2 is 2.33 bits per heavy atom. The van der Waals surface area contributed by atoms with Gasteiger partial charge in [-0.25, -0.2) is 4.98 Å². The van der Waals surface area contributed by atoms with E-state index in [2.05, 4.69) is 49.2 Å². The Kier molecular flexibility index (Phi) is 4.89. The van der Waals surface area contributed by atoms with Crippen LogP contribution in [0.25, 0.3) is 0 Å². The molecule has 0 saturated carbocycles. The first kappa shape index (κ1) is 13.7. The highest BCUT2D eigenvalue weighted by molar-refractivity contribution is 7.99. The number of nitrogens with zero attached hydrogens (tertiary/aromatic N) is 2. The Bertz CT molecular complexity index is 381. The highest BCUT2D eigenvalue weighted by atomic mass is 32.2. The summed E-state index contributed by atoms with van der Waals surface area (Å²) in [5, 5.41) is 3.42. The number of anilines is 1. The molecule has 2 heterocycles. The van der Waals surface area contributed by atoms with Gasteiger partial charge in [0.25, 0.3) is 0 Å². The van der Waals surface area contributed by atoms with Gasteiger partial charge in [-0.2, -0.15) is 11.8 Å². The number of pyridine rings is 1. The van der Waals surface area contributed by atoms with E-state index in [-0.39, 0.29) is 0 Å². The number of hydrogen-bond acceptors (Lipinski definition) is 4. The van der Waals surface area contributed by atoms with Crippen LogP contribution in [0.15, 0.2) is 18.2 Å². The molecule has 1 saturated heterocycles. The third-order valence-corrected chi connectivity index (χ3v) is 4.33. The van der Waals surface area contributed by atoms with Crippen molar-refractivity contribution in [3.8, 4) is 0 Å². The van der Waals surface area contributed by atoms with Crippen LogP contribution < -0.4 is 10.2 Å². The lowest BCUT2D eigenvalue weighted by molar-refractivity contribution is 0.580. The fourth-order valence-electron chi connectivity index (χ4n) is 2.10. The lowest BCUT2D eigenvalue weighted by Gasteiger charge is -2.34. The zero-order chi connectivity index (χ0) is 13.0. The van der Waals surface area contributed by atoms with Gasteiger partial charge in [0.1, 0.15) is 5.82 Å². The zero-order valence-electron chi connectivity index (χ0n) is 11.5. The van der Waals surface area contributed by atoms with Crippen molar-refractivity contribution in [2.45, 2.75) is 39.4 Å². The molecule has 1 aliphatic heterocycles. The minimum Gasteiger partial charge on any atom is -0.352 e. The van der Waals surface area contributed by atoms with E-state index < -0.39 is 0 Å². The third kappa shape index (κ3) is 3.62. The van der Waals surface area contributed by atoms with Crippen molar-refractivity contribution in [2.75, 3.05) is 23.0 Å². The fraction of sp³-hybridized carbons (Fsp3) is 0.643. The maximum absolute atomic E-state index is 4.77. The molecule has 0 aromatic carbocycles. The summed E-state index contributed by atoms with van der Waals surface area (Å²) in [4.78, 5) is 7.20. The van der Waals surface area contributed by atoms with E-state index in [0.717, 1.165) is 24.6 Å². The normalized spacial score (nSPS) is 20.4. The van der Waals surface area contributed by atoms with E-state index in [0.29, 0.717) is 12.1 Å². The SMILES string of the molecule is CC(C)NCc1cccc(N2CCSCC2C)n1. The second kappa shape index (κ2) is 6.43. The quantitative estimate of drug-likeness (QED) is 0.905. The zero-order valence-corrected chi connectivity index (χ0v) is 12.3. The maximum atomic E-state index is 4.77. The summed E-state index contributed by atoms with van der Waals surface area (Å²) in [5.74, 6) is 3.54. The summed E-state index contributed by atoms with van der Waals surface area (Å²) >= 11 is 2.04. The molecule has 1 atom stereocenters. The number of nitrogens with one attached hydrogen (secondary N) is 1. The van der Waals surface area contributed by atoms with Crippen molar-refractivity contribution in [1.29, 1.82) is 0 Å². The van der Waals surface area contributed by atoms with E-state index >= 15 is 0 Å². The van der Waals surface area contributed by atoms with Gasteiger partial charge in [0.2, 0.25) is 0 Å². The molecule has 2 rings (SSSR count). The largest absolute Gasteiger partial charge is 0.352 e. The molecule has 0 radical (unpaired) electrons. The van der Waals surface area contributed by atoms with E-state index in [1.807, 2.05) is 11.8 Å². The Balaban J connectivity index is 2.06. The summed E-state index contributed by atoms with van der Waals surface area (Å²) in [6, 6.07) is 7.44. The fourth-order valence-corrected chi connectivity index (χ4v) is 3.12. The Labute approximate surface area is 114 Å². The molecule has 1 N–H and O–H groups in total. The smallest absolute Gasteiger partial charge is 0.129 e. The van der Waals surface area contributed by atoms with Crippen LogP contribution in [-0.2, 0) is 6.54 Å². The first-order chi connectivity index (χ1) is 8.66. The van der Waals surface area contributed by atoms with Gasteiger partial charge in [0.05, 0.1) is 5.69 Å². The molecule has 18 heavy (non-hydrogen) atoms. The first-order valence-electron chi connectivity index (χ1n) is 6.70. The Morgan fingerprint density at radius 1 is 1.50 bits per heavy atom. The van der Waals surface area contributed by atoms with Crippen molar-refractivity contribution < 1.29 is 0 Å². The van der Waals surface area contributed by atoms with Gasteiger partial charge >= 0.3 is 0 Å². The predicted octanol–water partition coefficient (Wildman–Crippen LogP) is 2.52. The van der Waals surface area contributed by atoms with Crippen molar-refractivity contribution in [1.82, 2.24) is 10.3 Å². The van der Waals surface area contributed by atoms with Crippen LogP contribution in [0.4, 0.5) is 5.82 Å². The van der Waals surface area contributed by atoms with Gasteiger partial charge in [-0.3, -0.25) is 0 Å². The average molecular weight is 265 g/mol. The monoisotopic (exact) mass is 265 g/mol. The summed E-state index contributed by atoms with van der Waals surface area (Å²) in [6.45, 7) is 8.57. The topological polar surface area (TPSA) is 28.2 Å². The van der Waals surface area contributed by atoms with Crippen LogP contribution in [0.2, 0.25) is 0 Å². The van der Waals surface area contributed by atoms with Crippen molar-refractivity contribution in [3.63, 3.8) is 0 Å². The number of rotatable bonds is 4. The molecule has 100 valence electrons. The van der Waals surface area contributed by atoms with E-state index in [1.54, 1.807) is 0 Å². The molecule has 1 aromatic rings.